The van der Waals surface area contributed by atoms with E-state index < -0.39 is 0 Å². The van der Waals surface area contributed by atoms with Gasteiger partial charge >= 0.3 is 0 Å². The zero-order valence-electron chi connectivity index (χ0n) is 19.2. The van der Waals surface area contributed by atoms with Gasteiger partial charge in [0.1, 0.15) is 11.5 Å². The molecule has 7 nitrogen and oxygen atoms in total. The van der Waals surface area contributed by atoms with Crippen LogP contribution in [0.4, 0.5) is 5.95 Å². The summed E-state index contributed by atoms with van der Waals surface area (Å²) in [6.07, 6.45) is 6.17. The molecule has 1 aliphatic heterocycles. The topological polar surface area (TPSA) is 90.6 Å². The van der Waals surface area contributed by atoms with Crippen LogP contribution in [0.5, 0.6) is 11.5 Å². The first-order valence-electron chi connectivity index (χ1n) is 10.8. The Balaban J connectivity index is 0.000000286. The quantitative estimate of drug-likeness (QED) is 0.535. The Hall–Kier alpha value is -3.32. The number of halogens is 1. The minimum absolute atomic E-state index is 0.0764. The summed E-state index contributed by atoms with van der Waals surface area (Å²) in [5.74, 6) is 1.66. The van der Waals surface area contributed by atoms with Crippen LogP contribution in [0.1, 0.15) is 25.3 Å². The fourth-order valence-electron chi connectivity index (χ4n) is 3.90. The molecule has 0 saturated carbocycles. The molecule has 0 bridgehead atoms. The summed E-state index contributed by atoms with van der Waals surface area (Å²) in [5, 5.41) is 1.45. The van der Waals surface area contributed by atoms with Crippen LogP contribution in [0.2, 0.25) is 5.02 Å². The highest BCUT2D eigenvalue weighted by Crippen LogP contribution is 2.43. The van der Waals surface area contributed by atoms with E-state index in [1.807, 2.05) is 29.2 Å². The van der Waals surface area contributed by atoms with Crippen molar-refractivity contribution in [3.05, 3.63) is 53.7 Å². The van der Waals surface area contributed by atoms with Crippen LogP contribution in [0.25, 0.3) is 22.0 Å². The van der Waals surface area contributed by atoms with E-state index in [4.69, 9.17) is 26.8 Å². The van der Waals surface area contributed by atoms with Crippen LogP contribution in [-0.4, -0.2) is 48.1 Å². The fraction of sp³-hybridized carbons (Fsp3) is 0.320. The standard InChI is InChI=1S/C18H18ClN3O2.C7H11NO/c1-4-12-14(23-2)8-15(24-3)17(19)16(12)10-5-6-13-11(7-10)9-21-18(20)22-13;1-2-7(9)8-5-3-4-6-8/h5-9H,4H2,1-3H3,(H2,20,21,22);2H,1,3-6H2. The van der Waals surface area contributed by atoms with Gasteiger partial charge in [-0.05, 0) is 43.0 Å². The van der Waals surface area contributed by atoms with Crippen molar-refractivity contribution in [1.82, 2.24) is 14.9 Å². The van der Waals surface area contributed by atoms with E-state index in [1.54, 1.807) is 20.4 Å². The lowest BCUT2D eigenvalue weighted by Gasteiger charge is -2.18. The number of aromatic nitrogens is 2. The van der Waals surface area contributed by atoms with E-state index in [9.17, 15) is 4.79 Å². The lowest BCUT2D eigenvalue weighted by Crippen LogP contribution is -2.25. The summed E-state index contributed by atoms with van der Waals surface area (Å²) in [5.41, 5.74) is 9.31. The highest BCUT2D eigenvalue weighted by molar-refractivity contribution is 6.35. The van der Waals surface area contributed by atoms with Gasteiger partial charge in [-0.15, -0.1) is 0 Å². The van der Waals surface area contributed by atoms with Gasteiger partial charge in [0.2, 0.25) is 11.9 Å². The number of nitrogens with zero attached hydrogens (tertiary/aromatic N) is 3. The van der Waals surface area contributed by atoms with Crippen molar-refractivity contribution in [3.63, 3.8) is 0 Å². The summed E-state index contributed by atoms with van der Waals surface area (Å²) in [4.78, 5) is 20.9. The number of hydrogen-bond acceptors (Lipinski definition) is 6. The van der Waals surface area contributed by atoms with E-state index in [-0.39, 0.29) is 11.9 Å². The van der Waals surface area contributed by atoms with Gasteiger partial charge in [0, 0.05) is 41.9 Å². The number of fused-ring (bicyclic) bond motifs is 1. The zero-order valence-corrected chi connectivity index (χ0v) is 20.0. The number of amides is 1. The van der Waals surface area contributed by atoms with Gasteiger partial charge in [-0.2, -0.15) is 0 Å². The van der Waals surface area contributed by atoms with Gasteiger partial charge in [0.25, 0.3) is 0 Å². The summed E-state index contributed by atoms with van der Waals surface area (Å²) in [7, 11) is 3.23. The Labute approximate surface area is 199 Å². The van der Waals surface area contributed by atoms with E-state index in [2.05, 4.69) is 23.5 Å². The molecule has 0 aliphatic carbocycles. The van der Waals surface area contributed by atoms with Crippen molar-refractivity contribution < 1.29 is 14.3 Å². The number of rotatable bonds is 5. The minimum Gasteiger partial charge on any atom is -0.496 e. The third-order valence-corrected chi connectivity index (χ3v) is 5.95. The number of ether oxygens (including phenoxy) is 2. The van der Waals surface area contributed by atoms with Gasteiger partial charge in [-0.3, -0.25) is 4.79 Å². The predicted molar refractivity (Wildman–Crippen MR) is 133 cm³/mol. The van der Waals surface area contributed by atoms with E-state index >= 15 is 0 Å². The number of likely N-dealkylation sites (tertiary alicyclic amines) is 1. The molecular formula is C25H29ClN4O3. The predicted octanol–water partition coefficient (Wildman–Crippen LogP) is 4.91. The number of methoxy groups -OCH3 is 2. The average Bonchev–Trinajstić information content (AvgIpc) is 3.38. The van der Waals surface area contributed by atoms with E-state index in [0.29, 0.717) is 10.8 Å². The average molecular weight is 469 g/mol. The van der Waals surface area contributed by atoms with Gasteiger partial charge in [0.05, 0.1) is 24.8 Å². The molecular weight excluding hydrogens is 440 g/mol. The molecule has 0 atom stereocenters. The van der Waals surface area contributed by atoms with E-state index in [1.165, 1.54) is 6.08 Å². The van der Waals surface area contributed by atoms with Crippen molar-refractivity contribution >= 4 is 34.4 Å². The highest BCUT2D eigenvalue weighted by atomic mass is 35.5. The molecule has 3 aromatic rings. The van der Waals surface area contributed by atoms with Crippen LogP contribution >= 0.6 is 11.6 Å². The van der Waals surface area contributed by atoms with Crippen molar-refractivity contribution in [2.75, 3.05) is 33.0 Å². The number of hydrogen-bond donors (Lipinski definition) is 1. The van der Waals surface area contributed by atoms with Crippen LogP contribution in [-0.2, 0) is 11.2 Å². The van der Waals surface area contributed by atoms with E-state index in [0.717, 1.165) is 65.7 Å². The molecule has 4 rings (SSSR count). The molecule has 174 valence electrons. The van der Waals surface area contributed by atoms with Crippen molar-refractivity contribution in [2.24, 2.45) is 0 Å². The number of carbonyl (C=O) groups is 1. The third-order valence-electron chi connectivity index (χ3n) is 5.57. The number of nitrogens with two attached hydrogens (primary N) is 1. The third kappa shape index (κ3) is 5.37. The minimum atomic E-state index is 0.0764. The first-order chi connectivity index (χ1) is 15.9. The van der Waals surface area contributed by atoms with Crippen molar-refractivity contribution in [2.45, 2.75) is 26.2 Å². The molecule has 33 heavy (non-hydrogen) atoms. The Morgan fingerprint density at radius 1 is 1.21 bits per heavy atom. The Morgan fingerprint density at radius 3 is 2.52 bits per heavy atom. The molecule has 8 heteroatoms. The summed E-state index contributed by atoms with van der Waals surface area (Å²) >= 11 is 6.60. The monoisotopic (exact) mass is 468 g/mol. The Morgan fingerprint density at radius 2 is 1.91 bits per heavy atom. The lowest BCUT2D eigenvalue weighted by atomic mass is 9.95. The normalized spacial score (nSPS) is 12.8. The zero-order chi connectivity index (χ0) is 24.0. The maximum Gasteiger partial charge on any atom is 0.245 e. The van der Waals surface area contributed by atoms with Crippen LogP contribution in [0.15, 0.2) is 43.1 Å². The van der Waals surface area contributed by atoms with Gasteiger partial charge < -0.3 is 20.1 Å². The molecule has 2 aromatic carbocycles. The van der Waals surface area contributed by atoms with Crippen LogP contribution in [0.3, 0.4) is 0 Å². The first kappa shape index (κ1) is 24.3. The van der Waals surface area contributed by atoms with Crippen molar-refractivity contribution in [1.29, 1.82) is 0 Å². The fourth-order valence-corrected chi connectivity index (χ4v) is 4.26. The maximum atomic E-state index is 10.8. The molecule has 0 radical (unpaired) electrons. The molecule has 2 heterocycles. The molecule has 0 spiro atoms. The van der Waals surface area contributed by atoms with Gasteiger partial charge in [-0.1, -0.05) is 31.2 Å². The molecule has 1 amide bonds. The number of nitrogen functional groups attached to an aromatic ring is 1. The summed E-state index contributed by atoms with van der Waals surface area (Å²) in [6.45, 7) is 7.32. The lowest BCUT2D eigenvalue weighted by molar-refractivity contribution is -0.124. The summed E-state index contributed by atoms with van der Waals surface area (Å²) < 4.78 is 10.9. The van der Waals surface area contributed by atoms with Gasteiger partial charge in [-0.25, -0.2) is 9.97 Å². The molecule has 1 aromatic heterocycles. The summed E-state index contributed by atoms with van der Waals surface area (Å²) in [6, 6.07) is 7.68. The number of anilines is 1. The number of carbonyl (C=O) groups excluding carboxylic acids is 1. The molecule has 1 fully saturated rings. The highest BCUT2D eigenvalue weighted by Gasteiger charge is 2.19. The molecule has 0 unspecified atom stereocenters. The molecule has 1 saturated heterocycles. The first-order valence-corrected chi connectivity index (χ1v) is 11.2. The Kier molecular flexibility index (Phi) is 8.11. The smallest absolute Gasteiger partial charge is 0.245 e. The van der Waals surface area contributed by atoms with Crippen LogP contribution < -0.4 is 15.2 Å². The largest absolute Gasteiger partial charge is 0.496 e. The molecule has 1 aliphatic rings. The Bertz CT molecular complexity index is 1160. The second kappa shape index (κ2) is 11.0. The van der Waals surface area contributed by atoms with Crippen LogP contribution in [0, 0.1) is 0 Å². The number of benzene rings is 2. The second-order valence-corrected chi connectivity index (χ2v) is 7.92. The second-order valence-electron chi connectivity index (χ2n) is 7.54. The SMILES string of the molecule is C=CC(=O)N1CCCC1.CCc1c(OC)cc(OC)c(Cl)c1-c1ccc2nc(N)ncc2c1. The maximum absolute atomic E-state index is 10.8. The van der Waals surface area contributed by atoms with Gasteiger partial charge in [0.15, 0.2) is 0 Å². The van der Waals surface area contributed by atoms with Crippen molar-refractivity contribution in [3.8, 4) is 22.6 Å². The molecule has 2 N–H and O–H groups in total.